The summed E-state index contributed by atoms with van der Waals surface area (Å²) in [5, 5.41) is 17.7. The molecular weight excluding hydrogens is 410 g/mol. The first-order valence-corrected chi connectivity index (χ1v) is 11.3. The Morgan fingerprint density at radius 1 is 1.19 bits per heavy atom. The maximum atomic E-state index is 12.9. The number of benzene rings is 1. The van der Waals surface area contributed by atoms with Crippen LogP contribution in [0.5, 0.6) is 0 Å². The zero-order valence-corrected chi connectivity index (χ0v) is 19.5. The van der Waals surface area contributed by atoms with Crippen molar-refractivity contribution in [2.45, 2.75) is 45.6 Å². The second-order valence-corrected chi connectivity index (χ2v) is 10.1. The van der Waals surface area contributed by atoms with Gasteiger partial charge in [-0.1, -0.05) is 13.8 Å². The van der Waals surface area contributed by atoms with Crippen LogP contribution in [0.3, 0.4) is 0 Å². The Hall–Kier alpha value is -2.68. The third kappa shape index (κ3) is 6.41. The van der Waals surface area contributed by atoms with Gasteiger partial charge in [0.15, 0.2) is 0 Å². The summed E-state index contributed by atoms with van der Waals surface area (Å²) < 4.78 is 0. The third-order valence-corrected chi connectivity index (χ3v) is 6.02. The molecule has 0 bridgehead atoms. The van der Waals surface area contributed by atoms with E-state index in [9.17, 15) is 19.7 Å². The predicted octanol–water partition coefficient (Wildman–Crippen LogP) is 2.73. The highest BCUT2D eigenvalue weighted by molar-refractivity contribution is 5.96. The predicted molar refractivity (Wildman–Crippen MR) is 124 cm³/mol. The summed E-state index contributed by atoms with van der Waals surface area (Å²) in [6.45, 7) is 6.66. The molecule has 2 aliphatic rings. The number of nitro benzene ring substituents is 1. The van der Waals surface area contributed by atoms with E-state index in [1.807, 2.05) is 14.1 Å². The van der Waals surface area contributed by atoms with Gasteiger partial charge in [-0.25, -0.2) is 0 Å². The number of anilines is 1. The molecule has 3 rings (SSSR count). The minimum Gasteiger partial charge on any atom is -0.377 e. The molecule has 0 aromatic heterocycles. The molecule has 9 nitrogen and oxygen atoms in total. The summed E-state index contributed by atoms with van der Waals surface area (Å²) in [5.74, 6) is -0.305. The van der Waals surface area contributed by atoms with Crippen molar-refractivity contribution in [1.29, 1.82) is 0 Å². The van der Waals surface area contributed by atoms with Gasteiger partial charge in [0, 0.05) is 49.8 Å². The number of likely N-dealkylation sites (tertiary alicyclic amines) is 1. The Kier molecular flexibility index (Phi) is 7.38. The number of carbonyl (C=O) groups is 2. The van der Waals surface area contributed by atoms with E-state index >= 15 is 0 Å². The minimum atomic E-state index is -0.449. The zero-order chi connectivity index (χ0) is 23.5. The number of carbonyl (C=O) groups excluding carboxylic acids is 2. The normalized spacial score (nSPS) is 17.3. The Balaban J connectivity index is 1.54. The average molecular weight is 446 g/mol. The van der Waals surface area contributed by atoms with Crippen LogP contribution in [0.1, 0.15) is 49.9 Å². The van der Waals surface area contributed by atoms with Crippen molar-refractivity contribution in [3.05, 3.63) is 33.9 Å². The van der Waals surface area contributed by atoms with E-state index < -0.39 is 4.92 Å². The third-order valence-electron chi connectivity index (χ3n) is 6.02. The van der Waals surface area contributed by atoms with Crippen molar-refractivity contribution >= 4 is 23.2 Å². The van der Waals surface area contributed by atoms with Gasteiger partial charge in [-0.2, -0.15) is 0 Å². The highest BCUT2D eigenvalue weighted by Gasteiger charge is 2.30. The van der Waals surface area contributed by atoms with Crippen molar-refractivity contribution in [2.24, 2.45) is 11.3 Å². The Bertz CT molecular complexity index is 858. The monoisotopic (exact) mass is 445 g/mol. The quantitative estimate of drug-likeness (QED) is 0.447. The number of nitro groups is 1. The summed E-state index contributed by atoms with van der Waals surface area (Å²) >= 11 is 0. The second kappa shape index (κ2) is 9.85. The van der Waals surface area contributed by atoms with E-state index in [0.29, 0.717) is 43.7 Å². The fraction of sp³-hybridized carbons (Fsp3) is 0.652. The first kappa shape index (κ1) is 24.0. The van der Waals surface area contributed by atoms with Crippen LogP contribution in [0.25, 0.3) is 0 Å². The van der Waals surface area contributed by atoms with Gasteiger partial charge in [-0.3, -0.25) is 19.7 Å². The van der Waals surface area contributed by atoms with Gasteiger partial charge in [0.25, 0.3) is 11.6 Å². The summed E-state index contributed by atoms with van der Waals surface area (Å²) in [5.41, 5.74) is 0.677. The van der Waals surface area contributed by atoms with Crippen LogP contribution in [-0.4, -0.2) is 72.9 Å². The van der Waals surface area contributed by atoms with Crippen molar-refractivity contribution in [1.82, 2.24) is 15.1 Å². The van der Waals surface area contributed by atoms with E-state index in [4.69, 9.17) is 0 Å². The van der Waals surface area contributed by atoms with Crippen LogP contribution in [0.4, 0.5) is 11.4 Å². The van der Waals surface area contributed by atoms with Gasteiger partial charge >= 0.3 is 0 Å². The lowest BCUT2D eigenvalue weighted by Crippen LogP contribution is -2.46. The van der Waals surface area contributed by atoms with Gasteiger partial charge in [-0.05, 0) is 57.3 Å². The molecule has 1 saturated carbocycles. The number of hydrogen-bond donors (Lipinski definition) is 2. The molecule has 2 N–H and O–H groups in total. The van der Waals surface area contributed by atoms with E-state index in [1.165, 1.54) is 6.07 Å². The van der Waals surface area contributed by atoms with Gasteiger partial charge in [-0.15, -0.1) is 0 Å². The highest BCUT2D eigenvalue weighted by Crippen LogP contribution is 2.32. The number of piperidine rings is 1. The van der Waals surface area contributed by atoms with Gasteiger partial charge in [0.2, 0.25) is 5.91 Å². The zero-order valence-electron chi connectivity index (χ0n) is 19.5. The molecule has 0 atom stereocenters. The van der Waals surface area contributed by atoms with E-state index in [0.717, 1.165) is 19.4 Å². The first-order valence-electron chi connectivity index (χ1n) is 11.3. The summed E-state index contributed by atoms with van der Waals surface area (Å²) in [6, 6.07) is 4.91. The molecule has 176 valence electrons. The topological polar surface area (TPSA) is 108 Å². The van der Waals surface area contributed by atoms with Gasteiger partial charge < -0.3 is 20.4 Å². The Morgan fingerprint density at radius 3 is 2.41 bits per heavy atom. The lowest BCUT2D eigenvalue weighted by atomic mass is 9.91. The molecule has 0 radical (unpaired) electrons. The molecule has 0 unspecified atom stereocenters. The molecule has 9 heteroatoms. The highest BCUT2D eigenvalue weighted by atomic mass is 16.6. The number of rotatable bonds is 9. The van der Waals surface area contributed by atoms with Crippen LogP contribution < -0.4 is 10.6 Å². The van der Waals surface area contributed by atoms with Crippen LogP contribution in [0.2, 0.25) is 0 Å². The Morgan fingerprint density at radius 2 is 1.84 bits per heavy atom. The number of amides is 2. The Labute approximate surface area is 189 Å². The van der Waals surface area contributed by atoms with Gasteiger partial charge in [0.05, 0.1) is 4.92 Å². The molecule has 0 spiro atoms. The molecule has 1 heterocycles. The average Bonchev–Trinajstić information content (AvgIpc) is 3.55. The van der Waals surface area contributed by atoms with E-state index in [-0.39, 0.29) is 34.9 Å². The molecule has 1 aliphatic heterocycles. The lowest BCUT2D eigenvalue weighted by molar-refractivity contribution is -0.384. The molecular formula is C23H35N5O4. The van der Waals surface area contributed by atoms with Crippen molar-refractivity contribution in [3.63, 3.8) is 0 Å². The standard InChI is InChI=1S/C23H35N5O4/c1-23(2,15-26(3)4)14-24-21(29)16-9-11-27(12-10-16)22(30)17-5-8-19(25-18-6-7-18)20(13-17)28(31)32/h5,8,13,16,18,25H,6-7,9-12,14-15H2,1-4H3,(H,24,29). The van der Waals surface area contributed by atoms with Crippen molar-refractivity contribution in [2.75, 3.05) is 45.6 Å². The van der Waals surface area contributed by atoms with Crippen LogP contribution in [-0.2, 0) is 4.79 Å². The molecule has 2 amide bonds. The smallest absolute Gasteiger partial charge is 0.293 e. The van der Waals surface area contributed by atoms with E-state index in [1.54, 1.807) is 17.0 Å². The maximum Gasteiger partial charge on any atom is 0.293 e. The lowest BCUT2D eigenvalue weighted by Gasteiger charge is -2.33. The molecule has 1 aliphatic carbocycles. The fourth-order valence-corrected chi connectivity index (χ4v) is 4.30. The van der Waals surface area contributed by atoms with Gasteiger partial charge in [0.1, 0.15) is 5.69 Å². The van der Waals surface area contributed by atoms with Crippen molar-refractivity contribution in [3.8, 4) is 0 Å². The summed E-state index contributed by atoms with van der Waals surface area (Å²) in [6.07, 6.45) is 3.20. The van der Waals surface area contributed by atoms with Crippen molar-refractivity contribution < 1.29 is 14.5 Å². The first-order chi connectivity index (χ1) is 15.1. The molecule has 1 aromatic rings. The number of hydrogen-bond acceptors (Lipinski definition) is 6. The molecule has 1 aromatic carbocycles. The number of nitrogens with one attached hydrogen (secondary N) is 2. The second-order valence-electron chi connectivity index (χ2n) is 10.1. The molecule has 2 fully saturated rings. The van der Waals surface area contributed by atoms with Crippen LogP contribution in [0.15, 0.2) is 18.2 Å². The van der Waals surface area contributed by atoms with Crippen LogP contribution in [0, 0.1) is 21.4 Å². The molecule has 32 heavy (non-hydrogen) atoms. The minimum absolute atomic E-state index is 0.0227. The van der Waals surface area contributed by atoms with E-state index in [2.05, 4.69) is 29.4 Å². The van der Waals surface area contributed by atoms with Crippen LogP contribution >= 0.6 is 0 Å². The maximum absolute atomic E-state index is 12.9. The SMILES string of the molecule is CN(C)CC(C)(C)CNC(=O)C1CCN(C(=O)c2ccc(NC3CC3)c([N+](=O)[O-])c2)CC1. The summed E-state index contributed by atoms with van der Waals surface area (Å²) in [7, 11) is 4.03. The molecule has 1 saturated heterocycles. The number of nitrogens with zero attached hydrogens (tertiary/aromatic N) is 3. The summed E-state index contributed by atoms with van der Waals surface area (Å²) in [4.78, 5) is 40.4. The largest absolute Gasteiger partial charge is 0.377 e. The fourth-order valence-electron chi connectivity index (χ4n) is 4.30.